The third-order valence-corrected chi connectivity index (χ3v) is 5.29. The van der Waals surface area contributed by atoms with Crippen molar-refractivity contribution < 1.29 is 9.59 Å². The average Bonchev–Trinajstić information content (AvgIpc) is 3.38. The van der Waals surface area contributed by atoms with Gasteiger partial charge in [-0.3, -0.25) is 14.7 Å². The highest BCUT2D eigenvalue weighted by atomic mass is 16.2. The first kappa shape index (κ1) is 15.1. The number of amides is 3. The maximum absolute atomic E-state index is 13.0. The summed E-state index contributed by atoms with van der Waals surface area (Å²) in [4.78, 5) is 31.4. The van der Waals surface area contributed by atoms with Crippen molar-refractivity contribution in [2.45, 2.75) is 45.2 Å². The monoisotopic (exact) mass is 323 g/mol. The summed E-state index contributed by atoms with van der Waals surface area (Å²) in [6, 6.07) is 9.54. The summed E-state index contributed by atoms with van der Waals surface area (Å²) >= 11 is 0. The SMILES string of the molecule is CC[C@]1(C2CC2)NC(=O)N(Cc2cc(C)nc3ccccc23)C1=O. The van der Waals surface area contributed by atoms with E-state index in [4.69, 9.17) is 0 Å². The molecule has 0 radical (unpaired) electrons. The number of nitrogens with one attached hydrogen (secondary N) is 1. The molecule has 2 heterocycles. The molecule has 5 heteroatoms. The van der Waals surface area contributed by atoms with Crippen molar-refractivity contribution in [1.29, 1.82) is 0 Å². The van der Waals surface area contributed by atoms with Gasteiger partial charge in [0.25, 0.3) is 5.91 Å². The van der Waals surface area contributed by atoms with Gasteiger partial charge in [0.1, 0.15) is 5.54 Å². The van der Waals surface area contributed by atoms with E-state index in [1.807, 2.05) is 44.2 Å². The van der Waals surface area contributed by atoms with Crippen LogP contribution in [0, 0.1) is 12.8 Å². The van der Waals surface area contributed by atoms with E-state index in [2.05, 4.69) is 10.3 Å². The number of hydrogen-bond donors (Lipinski definition) is 1. The molecule has 2 aliphatic rings. The standard InChI is InChI=1S/C19H21N3O2/c1-3-19(14-8-9-14)17(23)22(18(24)21-19)11-13-10-12(2)20-16-7-5-4-6-15(13)16/h4-7,10,14H,3,8-9,11H2,1-2H3,(H,21,24)/t19-/m1/s1. The van der Waals surface area contributed by atoms with Crippen LogP contribution in [-0.4, -0.2) is 27.4 Å². The lowest BCUT2D eigenvalue weighted by atomic mass is 9.90. The van der Waals surface area contributed by atoms with Gasteiger partial charge in [-0.05, 0) is 49.8 Å². The van der Waals surface area contributed by atoms with E-state index in [1.165, 1.54) is 4.90 Å². The zero-order valence-electron chi connectivity index (χ0n) is 14.0. The Balaban J connectivity index is 1.71. The van der Waals surface area contributed by atoms with Crippen molar-refractivity contribution in [2.75, 3.05) is 0 Å². The van der Waals surface area contributed by atoms with Crippen LogP contribution in [0.2, 0.25) is 0 Å². The second-order valence-corrected chi connectivity index (χ2v) is 6.86. The van der Waals surface area contributed by atoms with E-state index >= 15 is 0 Å². The molecule has 1 aliphatic heterocycles. The normalized spacial score (nSPS) is 23.8. The quantitative estimate of drug-likeness (QED) is 0.879. The third-order valence-electron chi connectivity index (χ3n) is 5.29. The van der Waals surface area contributed by atoms with Gasteiger partial charge in [0.15, 0.2) is 0 Å². The summed E-state index contributed by atoms with van der Waals surface area (Å²) in [5.74, 6) is 0.218. The fourth-order valence-corrected chi connectivity index (χ4v) is 3.87. The minimum atomic E-state index is -0.686. The molecule has 24 heavy (non-hydrogen) atoms. The maximum Gasteiger partial charge on any atom is 0.325 e. The molecule has 124 valence electrons. The topological polar surface area (TPSA) is 62.3 Å². The number of imide groups is 1. The maximum atomic E-state index is 13.0. The lowest BCUT2D eigenvalue weighted by molar-refractivity contribution is -0.132. The van der Waals surface area contributed by atoms with Gasteiger partial charge in [0.2, 0.25) is 0 Å². The fraction of sp³-hybridized carbons (Fsp3) is 0.421. The molecule has 1 atom stereocenters. The summed E-state index contributed by atoms with van der Waals surface area (Å²) in [5, 5.41) is 3.97. The van der Waals surface area contributed by atoms with E-state index in [1.54, 1.807) is 0 Å². The van der Waals surface area contributed by atoms with Crippen molar-refractivity contribution >= 4 is 22.8 Å². The van der Waals surface area contributed by atoms with Crippen LogP contribution in [0.3, 0.4) is 0 Å². The van der Waals surface area contributed by atoms with Crippen LogP contribution in [0.25, 0.3) is 10.9 Å². The molecule has 1 aromatic carbocycles. The molecule has 2 fully saturated rings. The molecule has 1 aromatic heterocycles. The van der Waals surface area contributed by atoms with Gasteiger partial charge in [-0.1, -0.05) is 25.1 Å². The minimum absolute atomic E-state index is 0.0731. The second-order valence-electron chi connectivity index (χ2n) is 6.86. The van der Waals surface area contributed by atoms with Gasteiger partial charge < -0.3 is 5.32 Å². The number of urea groups is 1. The number of pyridine rings is 1. The summed E-state index contributed by atoms with van der Waals surface area (Å²) in [7, 11) is 0. The first-order valence-corrected chi connectivity index (χ1v) is 8.54. The van der Waals surface area contributed by atoms with E-state index in [0.29, 0.717) is 18.9 Å². The Morgan fingerprint density at radius 1 is 1.29 bits per heavy atom. The van der Waals surface area contributed by atoms with E-state index in [9.17, 15) is 9.59 Å². The van der Waals surface area contributed by atoms with Gasteiger partial charge in [-0.25, -0.2) is 4.79 Å². The number of aromatic nitrogens is 1. The zero-order valence-corrected chi connectivity index (χ0v) is 14.0. The molecule has 1 saturated carbocycles. The van der Waals surface area contributed by atoms with Crippen LogP contribution >= 0.6 is 0 Å². The third kappa shape index (κ3) is 2.19. The Bertz CT molecular complexity index is 844. The van der Waals surface area contributed by atoms with Gasteiger partial charge >= 0.3 is 6.03 Å². The molecule has 1 N–H and O–H groups in total. The first-order valence-electron chi connectivity index (χ1n) is 8.54. The number of carbonyl (C=O) groups is 2. The van der Waals surface area contributed by atoms with Gasteiger partial charge in [-0.2, -0.15) is 0 Å². The van der Waals surface area contributed by atoms with Crippen molar-refractivity contribution in [3.63, 3.8) is 0 Å². The largest absolute Gasteiger partial charge is 0.325 e. The molecule has 3 amide bonds. The van der Waals surface area contributed by atoms with Crippen molar-refractivity contribution in [2.24, 2.45) is 5.92 Å². The summed E-state index contributed by atoms with van der Waals surface area (Å²) in [6.07, 6.45) is 2.69. The average molecular weight is 323 g/mol. The van der Waals surface area contributed by atoms with Crippen molar-refractivity contribution in [3.05, 3.63) is 41.6 Å². The molecule has 0 bridgehead atoms. The van der Waals surface area contributed by atoms with Gasteiger partial charge in [0.05, 0.1) is 12.1 Å². The summed E-state index contributed by atoms with van der Waals surface area (Å²) < 4.78 is 0. The molecule has 1 aliphatic carbocycles. The molecule has 0 spiro atoms. The Labute approximate surface area is 141 Å². The van der Waals surface area contributed by atoms with Gasteiger partial charge in [-0.15, -0.1) is 0 Å². The molecular formula is C19H21N3O2. The van der Waals surface area contributed by atoms with Crippen LogP contribution in [-0.2, 0) is 11.3 Å². The molecule has 4 rings (SSSR count). The van der Waals surface area contributed by atoms with Gasteiger partial charge in [0, 0.05) is 11.1 Å². The summed E-state index contributed by atoms with van der Waals surface area (Å²) in [6.45, 7) is 4.21. The van der Waals surface area contributed by atoms with Crippen LogP contribution in [0.5, 0.6) is 0 Å². The minimum Gasteiger partial charge on any atom is -0.323 e. The molecule has 1 saturated heterocycles. The van der Waals surface area contributed by atoms with Crippen LogP contribution in [0.15, 0.2) is 30.3 Å². The highest BCUT2D eigenvalue weighted by Crippen LogP contribution is 2.45. The number of aryl methyl sites for hydroxylation is 1. The lowest BCUT2D eigenvalue weighted by Crippen LogP contribution is -2.48. The second kappa shape index (κ2) is 5.30. The lowest BCUT2D eigenvalue weighted by Gasteiger charge is -2.25. The smallest absolute Gasteiger partial charge is 0.323 e. The highest BCUT2D eigenvalue weighted by molar-refractivity contribution is 6.07. The molecule has 0 unspecified atom stereocenters. The Morgan fingerprint density at radius 2 is 2.04 bits per heavy atom. The van der Waals surface area contributed by atoms with Crippen LogP contribution in [0.4, 0.5) is 4.79 Å². The molecule has 5 nitrogen and oxygen atoms in total. The number of nitrogens with zero attached hydrogens (tertiary/aromatic N) is 2. The number of fused-ring (bicyclic) bond motifs is 1. The number of para-hydroxylation sites is 1. The number of carbonyl (C=O) groups excluding carboxylic acids is 2. The number of hydrogen-bond acceptors (Lipinski definition) is 3. The Hall–Kier alpha value is -2.43. The van der Waals surface area contributed by atoms with E-state index in [-0.39, 0.29) is 11.9 Å². The predicted octanol–water partition coefficient (Wildman–Crippen LogP) is 3.15. The predicted molar refractivity (Wildman–Crippen MR) is 91.3 cm³/mol. The zero-order chi connectivity index (χ0) is 16.9. The fourth-order valence-electron chi connectivity index (χ4n) is 3.87. The van der Waals surface area contributed by atoms with Crippen LogP contribution < -0.4 is 5.32 Å². The molecular weight excluding hydrogens is 302 g/mol. The first-order chi connectivity index (χ1) is 11.5. The van der Waals surface area contributed by atoms with E-state index in [0.717, 1.165) is 35.0 Å². The number of benzene rings is 1. The number of rotatable bonds is 4. The molecule has 2 aromatic rings. The van der Waals surface area contributed by atoms with E-state index < -0.39 is 5.54 Å². The highest BCUT2D eigenvalue weighted by Gasteiger charge is 2.57. The van der Waals surface area contributed by atoms with Crippen LogP contribution in [0.1, 0.15) is 37.4 Å². The van der Waals surface area contributed by atoms with Crippen molar-refractivity contribution in [1.82, 2.24) is 15.2 Å². The summed E-state index contributed by atoms with van der Waals surface area (Å²) in [5.41, 5.74) is 2.06. The van der Waals surface area contributed by atoms with Crippen molar-refractivity contribution in [3.8, 4) is 0 Å². The Kier molecular flexibility index (Phi) is 3.34. The Morgan fingerprint density at radius 3 is 2.75 bits per heavy atom.